The normalized spacial score (nSPS) is 11.1. The summed E-state index contributed by atoms with van der Waals surface area (Å²) in [6, 6.07) is 7.27. The lowest BCUT2D eigenvalue weighted by molar-refractivity contribution is 0.344. The number of rotatable bonds is 10. The van der Waals surface area contributed by atoms with Crippen LogP contribution in [0.2, 0.25) is 0 Å². The molecule has 3 rings (SSSR count). The van der Waals surface area contributed by atoms with E-state index >= 15 is 0 Å². The van der Waals surface area contributed by atoms with Gasteiger partial charge in [-0.25, -0.2) is 4.98 Å². The Bertz CT molecular complexity index is 1040. The first-order valence-electron chi connectivity index (χ1n) is 9.29. The molecule has 3 N–H and O–H groups in total. The molecule has 0 aromatic carbocycles. The Hall–Kier alpha value is -2.78. The van der Waals surface area contributed by atoms with Crippen molar-refractivity contribution in [2.24, 2.45) is 0 Å². The van der Waals surface area contributed by atoms with Gasteiger partial charge in [0.25, 0.3) is 5.56 Å². The standard InChI is InChI=1S/C20H25N5O3S/c1-25(2)12-16-3-4-17(28-16)13-29-8-7-22-20-23-11-15(19(27)24-20)9-14-5-6-21-18(26)10-14/h3-6,10-11H,7-9,12-13H2,1-2H3,(H,21,26)(H2,22,23,24,27). The Morgan fingerprint density at radius 1 is 1.21 bits per heavy atom. The SMILES string of the molecule is CN(C)Cc1ccc(CSCCNc2ncc(Cc3cc[nH]c(=O)c3)c(=O)[nH]2)o1. The fraction of sp³-hybridized carbons (Fsp3) is 0.350. The van der Waals surface area contributed by atoms with Gasteiger partial charge < -0.3 is 19.6 Å². The molecule has 154 valence electrons. The number of nitrogens with zero attached hydrogens (tertiary/aromatic N) is 2. The van der Waals surface area contributed by atoms with Crippen molar-refractivity contribution in [3.05, 3.63) is 80.0 Å². The molecule has 3 aromatic heterocycles. The highest BCUT2D eigenvalue weighted by Gasteiger charge is 2.06. The molecule has 3 aromatic rings. The van der Waals surface area contributed by atoms with E-state index in [0.717, 1.165) is 35.1 Å². The van der Waals surface area contributed by atoms with E-state index in [9.17, 15) is 9.59 Å². The zero-order valence-corrected chi connectivity index (χ0v) is 17.3. The molecule has 0 fully saturated rings. The number of aromatic nitrogens is 3. The Kier molecular flexibility index (Phi) is 7.31. The van der Waals surface area contributed by atoms with Crippen LogP contribution in [0.5, 0.6) is 0 Å². The highest BCUT2D eigenvalue weighted by atomic mass is 32.2. The second-order valence-electron chi connectivity index (χ2n) is 6.91. The van der Waals surface area contributed by atoms with Crippen LogP contribution in [-0.4, -0.2) is 46.2 Å². The summed E-state index contributed by atoms with van der Waals surface area (Å²) in [6.07, 6.45) is 3.48. The fourth-order valence-electron chi connectivity index (χ4n) is 2.77. The van der Waals surface area contributed by atoms with Gasteiger partial charge in [0.05, 0.1) is 12.3 Å². The van der Waals surface area contributed by atoms with Gasteiger partial charge in [-0.15, -0.1) is 0 Å². The van der Waals surface area contributed by atoms with Crippen molar-refractivity contribution in [3.8, 4) is 0 Å². The maximum absolute atomic E-state index is 12.2. The second-order valence-corrected chi connectivity index (χ2v) is 8.01. The molecular formula is C20H25N5O3S. The van der Waals surface area contributed by atoms with E-state index in [0.29, 0.717) is 24.5 Å². The third-order valence-corrected chi connectivity index (χ3v) is 5.06. The molecule has 0 aliphatic heterocycles. The summed E-state index contributed by atoms with van der Waals surface area (Å²) < 4.78 is 5.78. The molecule has 0 atom stereocenters. The van der Waals surface area contributed by atoms with Gasteiger partial charge in [0, 0.05) is 42.7 Å². The highest BCUT2D eigenvalue weighted by molar-refractivity contribution is 7.98. The number of hydrogen-bond donors (Lipinski definition) is 3. The largest absolute Gasteiger partial charge is 0.464 e. The molecule has 0 spiro atoms. The number of thioether (sulfide) groups is 1. The quantitative estimate of drug-likeness (QED) is 0.435. The maximum atomic E-state index is 12.2. The van der Waals surface area contributed by atoms with Crippen LogP contribution in [0.4, 0.5) is 5.95 Å². The van der Waals surface area contributed by atoms with Crippen LogP contribution in [0.15, 0.2) is 50.7 Å². The number of furan rings is 1. The first-order valence-corrected chi connectivity index (χ1v) is 10.4. The van der Waals surface area contributed by atoms with Gasteiger partial charge in [-0.05, 0) is 37.9 Å². The Morgan fingerprint density at radius 2 is 2.03 bits per heavy atom. The van der Waals surface area contributed by atoms with E-state index in [-0.39, 0.29) is 11.1 Å². The van der Waals surface area contributed by atoms with E-state index in [2.05, 4.69) is 25.2 Å². The summed E-state index contributed by atoms with van der Waals surface area (Å²) in [7, 11) is 4.02. The molecule has 0 saturated heterocycles. The summed E-state index contributed by atoms with van der Waals surface area (Å²) in [5.41, 5.74) is 0.886. The van der Waals surface area contributed by atoms with Gasteiger partial charge in [-0.2, -0.15) is 11.8 Å². The van der Waals surface area contributed by atoms with E-state index in [4.69, 9.17) is 4.42 Å². The lowest BCUT2D eigenvalue weighted by atomic mass is 10.1. The topological polar surface area (TPSA) is 107 Å². The van der Waals surface area contributed by atoms with Crippen LogP contribution in [0, 0.1) is 0 Å². The van der Waals surface area contributed by atoms with E-state index < -0.39 is 0 Å². The lowest BCUT2D eigenvalue weighted by Crippen LogP contribution is -2.18. The molecule has 0 aliphatic rings. The van der Waals surface area contributed by atoms with Gasteiger partial charge in [0.1, 0.15) is 11.5 Å². The van der Waals surface area contributed by atoms with Crippen LogP contribution in [0.1, 0.15) is 22.6 Å². The first kappa shape index (κ1) is 20.9. The smallest absolute Gasteiger partial charge is 0.255 e. The molecular weight excluding hydrogens is 390 g/mol. The summed E-state index contributed by atoms with van der Waals surface area (Å²) in [6.45, 7) is 1.47. The molecule has 3 heterocycles. The van der Waals surface area contributed by atoms with Crippen LogP contribution < -0.4 is 16.4 Å². The molecule has 0 saturated carbocycles. The minimum absolute atomic E-state index is 0.189. The van der Waals surface area contributed by atoms with Gasteiger partial charge in [0.15, 0.2) is 0 Å². The second kappa shape index (κ2) is 10.1. The number of nitrogens with one attached hydrogen (secondary N) is 3. The highest BCUT2D eigenvalue weighted by Crippen LogP contribution is 2.16. The molecule has 0 radical (unpaired) electrons. The van der Waals surface area contributed by atoms with Crippen LogP contribution >= 0.6 is 11.8 Å². The third-order valence-electron chi connectivity index (χ3n) is 4.08. The number of hydrogen-bond acceptors (Lipinski definition) is 7. The average molecular weight is 416 g/mol. The van der Waals surface area contributed by atoms with Gasteiger partial charge >= 0.3 is 0 Å². The maximum Gasteiger partial charge on any atom is 0.255 e. The minimum Gasteiger partial charge on any atom is -0.464 e. The Labute approximate surface area is 172 Å². The molecule has 0 aliphatic carbocycles. The monoisotopic (exact) mass is 415 g/mol. The van der Waals surface area contributed by atoms with Crippen molar-refractivity contribution in [2.45, 2.75) is 18.7 Å². The minimum atomic E-state index is -0.209. The fourth-order valence-corrected chi connectivity index (χ4v) is 3.51. The van der Waals surface area contributed by atoms with Crippen molar-refractivity contribution >= 4 is 17.7 Å². The van der Waals surface area contributed by atoms with Crippen molar-refractivity contribution in [2.75, 3.05) is 31.7 Å². The molecule has 29 heavy (non-hydrogen) atoms. The van der Waals surface area contributed by atoms with Crippen molar-refractivity contribution in [1.82, 2.24) is 19.9 Å². The third kappa shape index (κ3) is 6.65. The molecule has 0 amide bonds. The zero-order chi connectivity index (χ0) is 20.6. The molecule has 8 nitrogen and oxygen atoms in total. The van der Waals surface area contributed by atoms with Crippen LogP contribution in [-0.2, 0) is 18.7 Å². The van der Waals surface area contributed by atoms with Gasteiger partial charge in [0.2, 0.25) is 11.5 Å². The predicted octanol–water partition coefficient (Wildman–Crippen LogP) is 2.05. The lowest BCUT2D eigenvalue weighted by Gasteiger charge is -2.07. The van der Waals surface area contributed by atoms with E-state index in [1.165, 1.54) is 6.07 Å². The van der Waals surface area contributed by atoms with Crippen LogP contribution in [0.25, 0.3) is 0 Å². The zero-order valence-electron chi connectivity index (χ0n) is 16.5. The Morgan fingerprint density at radius 3 is 2.79 bits per heavy atom. The van der Waals surface area contributed by atoms with Crippen molar-refractivity contribution in [3.63, 3.8) is 0 Å². The van der Waals surface area contributed by atoms with Crippen molar-refractivity contribution < 1.29 is 4.42 Å². The number of pyridine rings is 1. The number of anilines is 1. The summed E-state index contributed by atoms with van der Waals surface area (Å²) in [4.78, 5) is 35.2. The van der Waals surface area contributed by atoms with E-state index in [1.54, 1.807) is 30.2 Å². The number of aromatic amines is 2. The summed E-state index contributed by atoms with van der Waals surface area (Å²) >= 11 is 1.75. The Balaban J connectivity index is 1.43. The number of H-pyrrole nitrogens is 2. The summed E-state index contributed by atoms with van der Waals surface area (Å²) in [5.74, 6) is 4.01. The average Bonchev–Trinajstić information content (AvgIpc) is 3.10. The first-order chi connectivity index (χ1) is 14.0. The van der Waals surface area contributed by atoms with E-state index in [1.807, 2.05) is 26.2 Å². The summed E-state index contributed by atoms with van der Waals surface area (Å²) in [5, 5.41) is 3.12. The molecule has 9 heteroatoms. The predicted molar refractivity (Wildman–Crippen MR) is 115 cm³/mol. The van der Waals surface area contributed by atoms with Crippen LogP contribution in [0.3, 0.4) is 0 Å². The molecule has 0 unspecified atom stereocenters. The van der Waals surface area contributed by atoms with Gasteiger partial charge in [-0.3, -0.25) is 14.6 Å². The molecule has 0 bridgehead atoms. The van der Waals surface area contributed by atoms with Gasteiger partial charge in [-0.1, -0.05) is 0 Å². The van der Waals surface area contributed by atoms with Crippen molar-refractivity contribution in [1.29, 1.82) is 0 Å².